The summed E-state index contributed by atoms with van der Waals surface area (Å²) < 4.78 is 1.30. The molecule has 0 aliphatic rings. The van der Waals surface area contributed by atoms with E-state index in [2.05, 4.69) is 0 Å². The number of aromatic nitrogens is 1. The maximum absolute atomic E-state index is 5.38. The summed E-state index contributed by atoms with van der Waals surface area (Å²) in [6.07, 6.45) is 1.60. The Balaban J connectivity index is 3.17. The van der Waals surface area contributed by atoms with Crippen molar-refractivity contribution in [1.82, 2.24) is 0 Å². The van der Waals surface area contributed by atoms with Crippen LogP contribution in [0.15, 0.2) is 18.3 Å². The average molecular weight is 125 g/mol. The van der Waals surface area contributed by atoms with Gasteiger partial charge < -0.3 is 5.73 Å². The van der Waals surface area contributed by atoms with Gasteiger partial charge in [-0.3, -0.25) is 11.6 Å². The van der Waals surface area contributed by atoms with Crippen LogP contribution in [0.2, 0.25) is 0 Å². The Morgan fingerprint density at radius 1 is 1.33 bits per heavy atom. The van der Waals surface area contributed by atoms with Crippen molar-refractivity contribution in [2.75, 3.05) is 17.3 Å². The Morgan fingerprint density at radius 2 is 2.00 bits per heavy atom. The smallest absolute Gasteiger partial charge is 0.297 e. The molecule has 1 aromatic rings. The Bertz CT molecular complexity index is 220. The second-order valence-corrected chi connectivity index (χ2v) is 1.79. The molecule has 4 heteroatoms. The molecular formula is C5H9N4+. The van der Waals surface area contributed by atoms with E-state index in [-0.39, 0.29) is 0 Å². The third kappa shape index (κ3) is 1.02. The lowest BCUT2D eigenvalue weighted by Gasteiger charge is -1.93. The van der Waals surface area contributed by atoms with E-state index in [0.29, 0.717) is 11.5 Å². The van der Waals surface area contributed by atoms with Crippen molar-refractivity contribution in [2.45, 2.75) is 0 Å². The molecule has 0 fully saturated rings. The third-order valence-corrected chi connectivity index (χ3v) is 1.04. The normalized spacial score (nSPS) is 9.33. The minimum atomic E-state index is 0.454. The van der Waals surface area contributed by atoms with Gasteiger partial charge in [-0.2, -0.15) is 0 Å². The van der Waals surface area contributed by atoms with Crippen LogP contribution < -0.4 is 22.0 Å². The number of hydrogen-bond donors (Lipinski definition) is 3. The molecule has 0 aromatic carbocycles. The largest absolute Gasteiger partial charge is 0.398 e. The fourth-order valence-corrected chi connectivity index (χ4v) is 0.546. The van der Waals surface area contributed by atoms with Gasteiger partial charge in [0.15, 0.2) is 0 Å². The zero-order chi connectivity index (χ0) is 6.85. The van der Waals surface area contributed by atoms with Crippen molar-refractivity contribution in [3.63, 3.8) is 0 Å². The molecule has 0 unspecified atom stereocenters. The van der Waals surface area contributed by atoms with Crippen LogP contribution in [0.25, 0.3) is 0 Å². The van der Waals surface area contributed by atoms with Crippen molar-refractivity contribution in [2.24, 2.45) is 0 Å². The van der Waals surface area contributed by atoms with Gasteiger partial charge in [-0.05, 0) is 0 Å². The number of nitrogen functional groups attached to an aromatic ring is 3. The molecule has 1 aromatic heterocycles. The van der Waals surface area contributed by atoms with E-state index >= 15 is 0 Å². The molecular weight excluding hydrogens is 116 g/mol. The highest BCUT2D eigenvalue weighted by Gasteiger charge is 1.97. The molecule has 48 valence electrons. The third-order valence-electron chi connectivity index (χ3n) is 1.04. The average Bonchev–Trinajstić information content (AvgIpc) is 1.80. The molecule has 0 amide bonds. The summed E-state index contributed by atoms with van der Waals surface area (Å²) in [6.45, 7) is 0. The van der Waals surface area contributed by atoms with Crippen LogP contribution in [0.4, 0.5) is 11.5 Å². The number of nitrogens with two attached hydrogens (primary N) is 3. The quantitative estimate of drug-likeness (QED) is 0.302. The van der Waals surface area contributed by atoms with Crippen LogP contribution in [0.1, 0.15) is 0 Å². The number of anilines is 2. The van der Waals surface area contributed by atoms with E-state index in [1.54, 1.807) is 18.3 Å². The Hall–Kier alpha value is -1.45. The van der Waals surface area contributed by atoms with Gasteiger partial charge in [-0.15, -0.1) is 4.68 Å². The fourth-order valence-electron chi connectivity index (χ4n) is 0.546. The van der Waals surface area contributed by atoms with Crippen LogP contribution in [0.5, 0.6) is 0 Å². The zero-order valence-corrected chi connectivity index (χ0v) is 4.91. The number of nitrogens with zero attached hydrogens (tertiary/aromatic N) is 1. The highest BCUT2D eigenvalue weighted by Crippen LogP contribution is 1.99. The van der Waals surface area contributed by atoms with Crippen LogP contribution >= 0.6 is 0 Å². The topological polar surface area (TPSA) is 81.9 Å². The predicted molar refractivity (Wildman–Crippen MR) is 35.6 cm³/mol. The van der Waals surface area contributed by atoms with Gasteiger partial charge >= 0.3 is 0 Å². The first-order chi connectivity index (χ1) is 4.20. The van der Waals surface area contributed by atoms with Crippen LogP contribution in [0, 0.1) is 0 Å². The minimum absolute atomic E-state index is 0.454. The Labute approximate surface area is 52.9 Å². The van der Waals surface area contributed by atoms with Crippen molar-refractivity contribution < 1.29 is 4.68 Å². The minimum Gasteiger partial charge on any atom is -0.398 e. The maximum Gasteiger partial charge on any atom is 0.297 e. The Kier molecular flexibility index (Phi) is 1.14. The molecule has 1 heterocycles. The molecule has 0 saturated carbocycles. The van der Waals surface area contributed by atoms with E-state index in [9.17, 15) is 0 Å². The number of hydrogen-bond acceptors (Lipinski definition) is 3. The molecule has 9 heavy (non-hydrogen) atoms. The summed E-state index contributed by atoms with van der Waals surface area (Å²) in [7, 11) is 0. The summed E-state index contributed by atoms with van der Waals surface area (Å²) in [6, 6.07) is 3.27. The standard InChI is InChI=1S/C5H8N4/c6-4-1-2-9(8)5(7)3-4/h1-3H,8H2,(H3,6,7)/p+1. The molecule has 0 radical (unpaired) electrons. The SMILES string of the molecule is Nc1cc[n+](N)c(N)c1. The molecule has 1 rings (SSSR count). The van der Waals surface area contributed by atoms with Gasteiger partial charge in [0.05, 0.1) is 6.07 Å². The summed E-state index contributed by atoms with van der Waals surface area (Å²) in [5.41, 5.74) is 11.4. The number of rotatable bonds is 0. The highest BCUT2D eigenvalue weighted by molar-refractivity contribution is 5.42. The summed E-state index contributed by atoms with van der Waals surface area (Å²) in [5, 5.41) is 0. The first-order valence-corrected chi connectivity index (χ1v) is 2.52. The molecule has 0 aliphatic carbocycles. The van der Waals surface area contributed by atoms with E-state index in [4.69, 9.17) is 17.3 Å². The van der Waals surface area contributed by atoms with Gasteiger partial charge in [0, 0.05) is 11.8 Å². The molecule has 6 N–H and O–H groups in total. The van der Waals surface area contributed by atoms with Crippen molar-refractivity contribution in [1.29, 1.82) is 0 Å². The van der Waals surface area contributed by atoms with E-state index in [0.717, 1.165) is 0 Å². The van der Waals surface area contributed by atoms with E-state index < -0.39 is 0 Å². The number of pyridine rings is 1. The van der Waals surface area contributed by atoms with Gasteiger partial charge in [0.2, 0.25) is 0 Å². The summed E-state index contributed by atoms with van der Waals surface area (Å²) >= 11 is 0. The van der Waals surface area contributed by atoms with Crippen molar-refractivity contribution >= 4 is 11.5 Å². The highest BCUT2D eigenvalue weighted by atomic mass is 15.3. The van der Waals surface area contributed by atoms with E-state index in [1.165, 1.54) is 4.68 Å². The summed E-state index contributed by atoms with van der Waals surface area (Å²) in [5.74, 6) is 5.78. The lowest BCUT2D eigenvalue weighted by Crippen LogP contribution is -2.46. The summed E-state index contributed by atoms with van der Waals surface area (Å²) in [4.78, 5) is 0. The first-order valence-electron chi connectivity index (χ1n) is 2.52. The van der Waals surface area contributed by atoms with Crippen LogP contribution in [-0.4, -0.2) is 0 Å². The molecule has 0 atom stereocenters. The molecule has 4 nitrogen and oxygen atoms in total. The van der Waals surface area contributed by atoms with Gasteiger partial charge in [-0.25, -0.2) is 0 Å². The monoisotopic (exact) mass is 125 g/mol. The second-order valence-electron chi connectivity index (χ2n) is 1.79. The zero-order valence-electron chi connectivity index (χ0n) is 4.91. The van der Waals surface area contributed by atoms with Gasteiger partial charge in [0.1, 0.15) is 6.20 Å². The Morgan fingerprint density at radius 3 is 2.44 bits per heavy atom. The molecule has 0 saturated heterocycles. The van der Waals surface area contributed by atoms with Crippen LogP contribution in [-0.2, 0) is 0 Å². The maximum atomic E-state index is 5.38. The lowest BCUT2D eigenvalue weighted by atomic mass is 10.4. The fraction of sp³-hybridized carbons (Fsp3) is 0. The van der Waals surface area contributed by atoms with Gasteiger partial charge in [-0.1, -0.05) is 0 Å². The first kappa shape index (κ1) is 5.68. The van der Waals surface area contributed by atoms with Crippen LogP contribution in [0.3, 0.4) is 0 Å². The van der Waals surface area contributed by atoms with E-state index in [1.807, 2.05) is 0 Å². The predicted octanol–water partition coefficient (Wildman–Crippen LogP) is -1.15. The molecule has 0 spiro atoms. The molecule has 0 bridgehead atoms. The van der Waals surface area contributed by atoms with Crippen molar-refractivity contribution in [3.8, 4) is 0 Å². The molecule has 0 aliphatic heterocycles. The van der Waals surface area contributed by atoms with Gasteiger partial charge in [0.25, 0.3) is 5.82 Å². The van der Waals surface area contributed by atoms with Crippen molar-refractivity contribution in [3.05, 3.63) is 18.3 Å². The lowest BCUT2D eigenvalue weighted by molar-refractivity contribution is -0.623. The second kappa shape index (κ2) is 1.81.